The zero-order valence-corrected chi connectivity index (χ0v) is 8.24. The summed E-state index contributed by atoms with van der Waals surface area (Å²) in [5, 5.41) is 0. The molecule has 74 valence electrons. The molecular weight excluding hydrogens is 164 g/mol. The van der Waals surface area contributed by atoms with Crippen LogP contribution in [0.25, 0.3) is 0 Å². The molecule has 1 aliphatic carbocycles. The minimum atomic E-state index is -0.0712. The topological polar surface area (TPSA) is 18.5 Å². The first-order chi connectivity index (χ1) is 6.40. The second kappa shape index (κ2) is 4.25. The lowest BCUT2D eigenvalue weighted by Gasteiger charge is -2.11. The highest BCUT2D eigenvalue weighted by Crippen LogP contribution is 2.30. The van der Waals surface area contributed by atoms with Crippen molar-refractivity contribution in [1.29, 1.82) is 0 Å². The molecule has 0 N–H and O–H groups in total. The molecule has 2 atom stereocenters. The second-order valence-corrected chi connectivity index (χ2v) is 3.88. The van der Waals surface area contributed by atoms with Crippen LogP contribution in [0.4, 0.5) is 0 Å². The summed E-state index contributed by atoms with van der Waals surface area (Å²) in [6.45, 7) is 2.00. The molecule has 1 saturated heterocycles. The van der Waals surface area contributed by atoms with E-state index in [1.807, 2.05) is 19.1 Å². The van der Waals surface area contributed by atoms with E-state index < -0.39 is 0 Å². The highest BCUT2D eigenvalue weighted by Gasteiger charge is 2.34. The monoisotopic (exact) mass is 182 g/mol. The predicted molar refractivity (Wildman–Crippen MR) is 51.4 cm³/mol. The first kappa shape index (κ1) is 9.22. The van der Waals surface area contributed by atoms with Crippen molar-refractivity contribution in [3.63, 3.8) is 0 Å². The highest BCUT2D eigenvalue weighted by atomic mass is 16.7. The van der Waals surface area contributed by atoms with Crippen LogP contribution in [0.2, 0.25) is 0 Å². The molecule has 13 heavy (non-hydrogen) atoms. The molecule has 1 aliphatic heterocycles. The van der Waals surface area contributed by atoms with Crippen molar-refractivity contribution in [3.05, 3.63) is 12.2 Å². The lowest BCUT2D eigenvalue weighted by atomic mass is 10.1. The van der Waals surface area contributed by atoms with E-state index in [2.05, 4.69) is 0 Å². The summed E-state index contributed by atoms with van der Waals surface area (Å²) in [7, 11) is 0. The maximum atomic E-state index is 5.78. The fourth-order valence-electron chi connectivity index (χ4n) is 2.18. The maximum Gasteiger partial charge on any atom is 0.177 e. The minimum Gasteiger partial charge on any atom is -0.343 e. The Labute approximate surface area is 79.9 Å². The van der Waals surface area contributed by atoms with Crippen LogP contribution < -0.4 is 0 Å². The minimum absolute atomic E-state index is 0.0712. The highest BCUT2D eigenvalue weighted by molar-refractivity contribution is 4.89. The van der Waals surface area contributed by atoms with Crippen molar-refractivity contribution in [3.8, 4) is 0 Å². The third-order valence-electron chi connectivity index (χ3n) is 2.86. The second-order valence-electron chi connectivity index (χ2n) is 3.88. The van der Waals surface area contributed by atoms with Crippen molar-refractivity contribution in [1.82, 2.24) is 0 Å². The zero-order valence-electron chi connectivity index (χ0n) is 8.24. The number of allylic oxidation sites excluding steroid dienone is 1. The van der Waals surface area contributed by atoms with Crippen LogP contribution in [-0.4, -0.2) is 18.5 Å². The number of hydrogen-bond donors (Lipinski definition) is 0. The van der Waals surface area contributed by atoms with Gasteiger partial charge in [0, 0.05) is 0 Å². The van der Waals surface area contributed by atoms with E-state index in [-0.39, 0.29) is 6.29 Å². The van der Waals surface area contributed by atoms with E-state index in [9.17, 15) is 0 Å². The van der Waals surface area contributed by atoms with E-state index in [1.165, 1.54) is 32.1 Å². The zero-order chi connectivity index (χ0) is 9.10. The van der Waals surface area contributed by atoms with Crippen LogP contribution in [0.5, 0.6) is 0 Å². The van der Waals surface area contributed by atoms with Crippen molar-refractivity contribution < 1.29 is 9.47 Å². The van der Waals surface area contributed by atoms with E-state index in [1.54, 1.807) is 0 Å². The van der Waals surface area contributed by atoms with Crippen LogP contribution >= 0.6 is 0 Å². The molecule has 0 aromatic rings. The summed E-state index contributed by atoms with van der Waals surface area (Å²) in [4.78, 5) is 0. The average molecular weight is 182 g/mol. The molecule has 0 amide bonds. The van der Waals surface area contributed by atoms with Gasteiger partial charge in [-0.15, -0.1) is 0 Å². The van der Waals surface area contributed by atoms with Crippen LogP contribution in [0.15, 0.2) is 12.2 Å². The van der Waals surface area contributed by atoms with Gasteiger partial charge in [0.05, 0.1) is 12.2 Å². The standard InChI is InChI=1S/C11H18O2/c1-2-6-11-12-9-7-4-3-5-8-10(9)13-11/h2,6,9-11H,3-5,7-8H2,1H3/b6-2+/t9-,10-/m0/s1. The largest absolute Gasteiger partial charge is 0.343 e. The van der Waals surface area contributed by atoms with Crippen LogP contribution in [-0.2, 0) is 9.47 Å². The third-order valence-corrected chi connectivity index (χ3v) is 2.86. The van der Waals surface area contributed by atoms with Crippen LogP contribution in [0.1, 0.15) is 39.0 Å². The van der Waals surface area contributed by atoms with E-state index in [0.717, 1.165) is 0 Å². The number of rotatable bonds is 1. The van der Waals surface area contributed by atoms with E-state index in [4.69, 9.17) is 9.47 Å². The molecule has 0 aromatic carbocycles. The number of ether oxygens (including phenoxy) is 2. The van der Waals surface area contributed by atoms with Crippen LogP contribution in [0, 0.1) is 0 Å². The molecule has 1 saturated carbocycles. The molecule has 2 heteroatoms. The van der Waals surface area contributed by atoms with Gasteiger partial charge in [-0.3, -0.25) is 0 Å². The van der Waals surface area contributed by atoms with Gasteiger partial charge >= 0.3 is 0 Å². The number of fused-ring (bicyclic) bond motifs is 1. The van der Waals surface area contributed by atoms with Crippen LogP contribution in [0.3, 0.4) is 0 Å². The van der Waals surface area contributed by atoms with Crippen molar-refractivity contribution in [2.45, 2.75) is 57.5 Å². The van der Waals surface area contributed by atoms with Gasteiger partial charge in [-0.25, -0.2) is 0 Å². The first-order valence-electron chi connectivity index (χ1n) is 5.34. The van der Waals surface area contributed by atoms with Gasteiger partial charge in [-0.05, 0) is 25.8 Å². The van der Waals surface area contributed by atoms with E-state index in [0.29, 0.717) is 12.2 Å². The molecular formula is C11H18O2. The Kier molecular flexibility index (Phi) is 3.01. The summed E-state index contributed by atoms with van der Waals surface area (Å²) >= 11 is 0. The van der Waals surface area contributed by atoms with Gasteiger partial charge in [0.25, 0.3) is 0 Å². The molecule has 2 rings (SSSR count). The lowest BCUT2D eigenvalue weighted by Crippen LogP contribution is -2.20. The predicted octanol–water partition coefficient (Wildman–Crippen LogP) is 2.64. The lowest BCUT2D eigenvalue weighted by molar-refractivity contribution is -0.0316. The van der Waals surface area contributed by atoms with Gasteiger partial charge in [-0.2, -0.15) is 0 Å². The Morgan fingerprint density at radius 2 is 1.62 bits per heavy atom. The summed E-state index contributed by atoms with van der Waals surface area (Å²) in [6.07, 6.45) is 10.9. The van der Waals surface area contributed by atoms with Gasteiger partial charge in [0.15, 0.2) is 6.29 Å². The molecule has 0 unspecified atom stereocenters. The van der Waals surface area contributed by atoms with Crippen molar-refractivity contribution >= 4 is 0 Å². The molecule has 2 fully saturated rings. The average Bonchev–Trinajstić information content (AvgIpc) is 2.37. The molecule has 0 spiro atoms. The molecule has 1 heterocycles. The Hall–Kier alpha value is -0.340. The summed E-state index contributed by atoms with van der Waals surface area (Å²) in [5.74, 6) is 0. The fraction of sp³-hybridized carbons (Fsp3) is 0.818. The Morgan fingerprint density at radius 3 is 2.15 bits per heavy atom. The molecule has 2 aliphatic rings. The third kappa shape index (κ3) is 2.12. The SMILES string of the molecule is C/C=C/C1O[C@H]2CCCCC[C@@H]2O1. The Bertz CT molecular complexity index is 175. The first-order valence-corrected chi connectivity index (χ1v) is 5.34. The quantitative estimate of drug-likeness (QED) is 0.580. The van der Waals surface area contributed by atoms with Crippen molar-refractivity contribution in [2.75, 3.05) is 0 Å². The number of hydrogen-bond acceptors (Lipinski definition) is 2. The normalized spacial score (nSPS) is 36.4. The van der Waals surface area contributed by atoms with Gasteiger partial charge in [0.1, 0.15) is 0 Å². The molecule has 0 bridgehead atoms. The molecule has 0 aromatic heterocycles. The van der Waals surface area contributed by atoms with E-state index >= 15 is 0 Å². The molecule has 2 nitrogen and oxygen atoms in total. The maximum absolute atomic E-state index is 5.78. The Morgan fingerprint density at radius 1 is 1.00 bits per heavy atom. The van der Waals surface area contributed by atoms with Crippen molar-refractivity contribution in [2.24, 2.45) is 0 Å². The Balaban J connectivity index is 1.93. The summed E-state index contributed by atoms with van der Waals surface area (Å²) < 4.78 is 11.6. The molecule has 0 radical (unpaired) electrons. The summed E-state index contributed by atoms with van der Waals surface area (Å²) in [5.41, 5.74) is 0. The smallest absolute Gasteiger partial charge is 0.177 e. The fourth-order valence-corrected chi connectivity index (χ4v) is 2.18. The summed E-state index contributed by atoms with van der Waals surface area (Å²) in [6, 6.07) is 0. The van der Waals surface area contributed by atoms with Gasteiger partial charge < -0.3 is 9.47 Å². The van der Waals surface area contributed by atoms with Gasteiger partial charge in [0.2, 0.25) is 0 Å². The van der Waals surface area contributed by atoms with Gasteiger partial charge in [-0.1, -0.05) is 25.3 Å².